The Labute approximate surface area is 184 Å². The highest BCUT2D eigenvalue weighted by atomic mass is 16.5. The number of fused-ring (bicyclic) bond motifs is 1. The van der Waals surface area contributed by atoms with Gasteiger partial charge in [0.05, 0.1) is 13.2 Å². The van der Waals surface area contributed by atoms with Gasteiger partial charge in [0, 0.05) is 17.5 Å². The minimum absolute atomic E-state index is 0.125. The lowest BCUT2D eigenvalue weighted by Gasteiger charge is -2.31. The molecule has 0 radical (unpaired) electrons. The number of rotatable bonds is 6. The van der Waals surface area contributed by atoms with Crippen LogP contribution < -0.4 is 10.1 Å². The molecule has 1 aliphatic heterocycles. The zero-order valence-electron chi connectivity index (χ0n) is 18.7. The Morgan fingerprint density at radius 3 is 2.45 bits per heavy atom. The summed E-state index contributed by atoms with van der Waals surface area (Å²) in [5.74, 6) is 1.10. The van der Waals surface area contributed by atoms with Crippen molar-refractivity contribution < 1.29 is 13.9 Å². The van der Waals surface area contributed by atoms with Crippen molar-refractivity contribution in [3.63, 3.8) is 0 Å². The van der Waals surface area contributed by atoms with Gasteiger partial charge in [-0.1, -0.05) is 36.6 Å². The van der Waals surface area contributed by atoms with Crippen molar-refractivity contribution in [2.45, 2.75) is 45.6 Å². The number of hydrogen-bond donors (Lipinski definition) is 1. The fourth-order valence-electron chi connectivity index (χ4n) is 4.51. The van der Waals surface area contributed by atoms with Crippen molar-refractivity contribution in [3.8, 4) is 5.75 Å². The number of likely N-dealkylation sites (tertiary alicyclic amines) is 1. The number of nitrogens with one attached hydrogen (secondary N) is 1. The van der Waals surface area contributed by atoms with Crippen LogP contribution >= 0.6 is 0 Å². The van der Waals surface area contributed by atoms with E-state index in [9.17, 15) is 4.79 Å². The molecule has 5 nitrogen and oxygen atoms in total. The van der Waals surface area contributed by atoms with Crippen LogP contribution in [0.5, 0.6) is 5.75 Å². The Kier molecular flexibility index (Phi) is 6.62. The molecule has 3 aromatic rings. The Balaban J connectivity index is 1.55. The topological polar surface area (TPSA) is 54.7 Å². The van der Waals surface area contributed by atoms with Gasteiger partial charge in [-0.2, -0.15) is 0 Å². The van der Waals surface area contributed by atoms with Crippen LogP contribution in [-0.4, -0.2) is 37.6 Å². The number of aryl methyl sites for hydroxylation is 2. The van der Waals surface area contributed by atoms with Gasteiger partial charge in [-0.05, 0) is 69.6 Å². The molecule has 0 spiro atoms. The number of furan rings is 1. The molecule has 0 unspecified atom stereocenters. The highest BCUT2D eigenvalue weighted by molar-refractivity contribution is 5.99. The summed E-state index contributed by atoms with van der Waals surface area (Å²) in [5, 5.41) is 4.16. The van der Waals surface area contributed by atoms with Crippen LogP contribution in [0.2, 0.25) is 0 Å². The molecule has 0 aliphatic carbocycles. The van der Waals surface area contributed by atoms with Gasteiger partial charge in [-0.25, -0.2) is 0 Å². The summed E-state index contributed by atoms with van der Waals surface area (Å²) in [6.45, 7) is 6.65. The van der Waals surface area contributed by atoms with Crippen LogP contribution in [-0.2, 0) is 0 Å². The predicted octanol–water partition coefficient (Wildman–Crippen LogP) is 5.41. The number of benzene rings is 2. The lowest BCUT2D eigenvalue weighted by atomic mass is 10.0. The fraction of sp³-hybridized carbons (Fsp3) is 0.423. The van der Waals surface area contributed by atoms with Crippen LogP contribution in [0, 0.1) is 13.8 Å². The van der Waals surface area contributed by atoms with E-state index in [1.807, 2.05) is 38.1 Å². The number of hydrogen-bond acceptors (Lipinski definition) is 4. The van der Waals surface area contributed by atoms with Crippen molar-refractivity contribution in [2.24, 2.45) is 0 Å². The Morgan fingerprint density at radius 2 is 1.77 bits per heavy atom. The first-order chi connectivity index (χ1) is 15.1. The van der Waals surface area contributed by atoms with E-state index in [2.05, 4.69) is 28.4 Å². The van der Waals surface area contributed by atoms with Gasteiger partial charge in [0.2, 0.25) is 0 Å². The number of ether oxygens (including phenoxy) is 1. The predicted molar refractivity (Wildman–Crippen MR) is 124 cm³/mol. The molecular weight excluding hydrogens is 388 g/mol. The summed E-state index contributed by atoms with van der Waals surface area (Å²) in [4.78, 5) is 15.6. The monoisotopic (exact) mass is 420 g/mol. The zero-order chi connectivity index (χ0) is 21.8. The van der Waals surface area contributed by atoms with E-state index < -0.39 is 0 Å². The number of nitrogens with zero attached hydrogens (tertiary/aromatic N) is 1. The molecule has 1 amide bonds. The standard InChI is InChI=1S/C26H32N2O3/c1-18-8-13-24-22(16-18)19(2)25(31-24)26(29)27-17-23(28-14-6-4-5-7-15-28)20-9-11-21(30-3)12-10-20/h8-13,16,23H,4-7,14-15,17H2,1-3H3,(H,27,29)/t23-/m0/s1. The second-order valence-corrected chi connectivity index (χ2v) is 8.50. The fourth-order valence-corrected chi connectivity index (χ4v) is 4.51. The average molecular weight is 421 g/mol. The van der Waals surface area contributed by atoms with E-state index in [-0.39, 0.29) is 11.9 Å². The minimum atomic E-state index is -0.153. The first-order valence-corrected chi connectivity index (χ1v) is 11.2. The Bertz CT molecular complexity index is 1030. The highest BCUT2D eigenvalue weighted by Gasteiger charge is 2.24. The van der Waals surface area contributed by atoms with E-state index in [0.29, 0.717) is 12.3 Å². The summed E-state index contributed by atoms with van der Waals surface area (Å²) in [6, 6.07) is 14.3. The molecule has 1 aliphatic rings. The minimum Gasteiger partial charge on any atom is -0.497 e. The Morgan fingerprint density at radius 1 is 1.06 bits per heavy atom. The molecule has 2 aromatic carbocycles. The van der Waals surface area contributed by atoms with Gasteiger partial charge in [-0.15, -0.1) is 0 Å². The van der Waals surface area contributed by atoms with Crippen molar-refractivity contribution in [2.75, 3.05) is 26.7 Å². The van der Waals surface area contributed by atoms with Crippen molar-refractivity contribution in [1.82, 2.24) is 10.2 Å². The second kappa shape index (κ2) is 9.56. The first kappa shape index (κ1) is 21.4. The third-order valence-electron chi connectivity index (χ3n) is 6.34. The van der Waals surface area contributed by atoms with E-state index in [4.69, 9.17) is 9.15 Å². The van der Waals surface area contributed by atoms with Gasteiger partial charge in [0.1, 0.15) is 11.3 Å². The summed E-state index contributed by atoms with van der Waals surface area (Å²) in [6.07, 6.45) is 4.94. The summed E-state index contributed by atoms with van der Waals surface area (Å²) >= 11 is 0. The molecule has 1 N–H and O–H groups in total. The smallest absolute Gasteiger partial charge is 0.287 e. The lowest BCUT2D eigenvalue weighted by molar-refractivity contribution is 0.0907. The third-order valence-corrected chi connectivity index (χ3v) is 6.34. The molecule has 1 saturated heterocycles. The molecule has 0 bridgehead atoms. The van der Waals surface area contributed by atoms with Crippen LogP contribution in [0.4, 0.5) is 0 Å². The molecule has 1 aromatic heterocycles. The van der Waals surface area contributed by atoms with Gasteiger partial charge in [0.15, 0.2) is 5.76 Å². The van der Waals surface area contributed by atoms with E-state index >= 15 is 0 Å². The zero-order valence-corrected chi connectivity index (χ0v) is 18.7. The molecule has 31 heavy (non-hydrogen) atoms. The number of carbonyl (C=O) groups is 1. The van der Waals surface area contributed by atoms with Gasteiger partial charge in [-0.3, -0.25) is 9.69 Å². The Hall–Kier alpha value is -2.79. The number of amides is 1. The van der Waals surface area contributed by atoms with Crippen LogP contribution in [0.3, 0.4) is 0 Å². The summed E-state index contributed by atoms with van der Waals surface area (Å²) in [7, 11) is 1.68. The van der Waals surface area contributed by atoms with Crippen LogP contribution in [0.1, 0.15) is 59.0 Å². The van der Waals surface area contributed by atoms with Gasteiger partial charge >= 0.3 is 0 Å². The van der Waals surface area contributed by atoms with Gasteiger partial charge < -0.3 is 14.5 Å². The normalized spacial score (nSPS) is 16.1. The summed E-state index contributed by atoms with van der Waals surface area (Å²) in [5.41, 5.74) is 4.00. The highest BCUT2D eigenvalue weighted by Crippen LogP contribution is 2.28. The molecule has 1 fully saturated rings. The van der Waals surface area contributed by atoms with E-state index in [1.165, 1.54) is 31.2 Å². The maximum atomic E-state index is 13.1. The van der Waals surface area contributed by atoms with Crippen molar-refractivity contribution in [3.05, 3.63) is 64.9 Å². The van der Waals surface area contributed by atoms with E-state index in [1.54, 1.807) is 7.11 Å². The number of carbonyl (C=O) groups excluding carboxylic acids is 1. The maximum absolute atomic E-state index is 13.1. The van der Waals surface area contributed by atoms with Crippen LogP contribution in [0.25, 0.3) is 11.0 Å². The van der Waals surface area contributed by atoms with Gasteiger partial charge in [0.25, 0.3) is 5.91 Å². The second-order valence-electron chi connectivity index (χ2n) is 8.50. The largest absolute Gasteiger partial charge is 0.497 e. The summed E-state index contributed by atoms with van der Waals surface area (Å²) < 4.78 is 11.2. The third kappa shape index (κ3) is 4.77. The SMILES string of the molecule is COc1ccc([C@H](CNC(=O)c2oc3ccc(C)cc3c2C)N2CCCCCC2)cc1. The molecule has 2 heterocycles. The van der Waals surface area contributed by atoms with Crippen LogP contribution in [0.15, 0.2) is 46.9 Å². The quantitative estimate of drug-likeness (QED) is 0.580. The van der Waals surface area contributed by atoms with Crippen molar-refractivity contribution >= 4 is 16.9 Å². The maximum Gasteiger partial charge on any atom is 0.287 e. The average Bonchev–Trinajstić information content (AvgIpc) is 2.95. The molecule has 4 rings (SSSR count). The van der Waals surface area contributed by atoms with Crippen molar-refractivity contribution in [1.29, 1.82) is 0 Å². The molecule has 164 valence electrons. The molecule has 1 atom stereocenters. The lowest BCUT2D eigenvalue weighted by Crippen LogP contribution is -2.38. The number of methoxy groups -OCH3 is 1. The van der Waals surface area contributed by atoms with E-state index in [0.717, 1.165) is 40.9 Å². The first-order valence-electron chi connectivity index (χ1n) is 11.2. The molecule has 5 heteroatoms. The molecule has 0 saturated carbocycles. The molecular formula is C26H32N2O3.